The predicted octanol–water partition coefficient (Wildman–Crippen LogP) is 1.20. The summed E-state index contributed by atoms with van der Waals surface area (Å²) in [5.74, 6) is 0.961. The molecule has 0 bridgehead atoms. The monoisotopic (exact) mass is 200 g/mol. The van der Waals surface area contributed by atoms with Crippen molar-refractivity contribution in [1.29, 1.82) is 0 Å². The molecule has 0 aliphatic carbocycles. The fourth-order valence-corrected chi connectivity index (χ4v) is 1.15. The molecule has 0 atom stereocenters. The fraction of sp³-hybridized carbons (Fsp3) is 0.400. The number of aliphatic hydroxyl groups is 1. The van der Waals surface area contributed by atoms with Crippen LogP contribution in [0.1, 0.15) is 8.30 Å². The number of benzene rings is 1. The topological polar surface area (TPSA) is 47.9 Å². The third-order valence-corrected chi connectivity index (χ3v) is 1.79. The highest BCUT2D eigenvalue weighted by molar-refractivity contribution is 5.53. The van der Waals surface area contributed by atoms with Crippen molar-refractivity contribution in [2.75, 3.05) is 21.3 Å². The van der Waals surface area contributed by atoms with Gasteiger partial charge in [-0.2, -0.15) is 0 Å². The van der Waals surface area contributed by atoms with Crippen LogP contribution in [-0.2, 0) is 6.56 Å². The zero-order valence-corrected chi connectivity index (χ0v) is 8.33. The molecule has 0 aliphatic heterocycles. The van der Waals surface area contributed by atoms with E-state index in [4.69, 9.17) is 17.0 Å². The van der Waals surface area contributed by atoms with Gasteiger partial charge in [0.2, 0.25) is 5.75 Å². The lowest BCUT2D eigenvalue weighted by atomic mass is 10.2. The average molecular weight is 200 g/mol. The second-order valence-electron chi connectivity index (χ2n) is 2.53. The van der Waals surface area contributed by atoms with E-state index in [-0.39, 0.29) is 5.56 Å². The highest BCUT2D eigenvalue weighted by atomic mass is 16.5. The van der Waals surface area contributed by atoms with Crippen molar-refractivity contribution in [2.24, 2.45) is 0 Å². The second kappa shape index (κ2) is 4.72. The summed E-state index contributed by atoms with van der Waals surface area (Å²) in [7, 11) is 4.30. The first-order valence-electron chi connectivity index (χ1n) is 4.97. The van der Waals surface area contributed by atoms with E-state index in [2.05, 4.69) is 0 Å². The number of methoxy groups -OCH3 is 3. The van der Waals surface area contributed by atoms with Gasteiger partial charge in [-0.3, -0.25) is 0 Å². The van der Waals surface area contributed by atoms with Crippen LogP contribution in [0.2, 0.25) is 0 Å². The van der Waals surface area contributed by atoms with Crippen LogP contribution in [0.4, 0.5) is 0 Å². The molecule has 0 unspecified atom stereocenters. The van der Waals surface area contributed by atoms with Gasteiger partial charge in [0.15, 0.2) is 11.5 Å². The third-order valence-electron chi connectivity index (χ3n) is 1.79. The maximum absolute atomic E-state index is 9.27. The van der Waals surface area contributed by atoms with Crippen LogP contribution in [0.5, 0.6) is 17.2 Å². The number of rotatable bonds is 4. The summed E-state index contributed by atoms with van der Waals surface area (Å²) in [6.45, 7) is -2.45. The summed E-state index contributed by atoms with van der Waals surface area (Å²) >= 11 is 0. The summed E-state index contributed by atoms with van der Waals surface area (Å²) < 4.78 is 29.6. The zero-order valence-electron chi connectivity index (χ0n) is 10.3. The molecule has 0 aromatic heterocycles. The van der Waals surface area contributed by atoms with Crippen molar-refractivity contribution in [2.45, 2.75) is 6.56 Å². The molecule has 0 saturated carbocycles. The molecule has 4 nitrogen and oxygen atoms in total. The molecule has 0 aliphatic rings. The Bertz CT molecular complexity index is 349. The van der Waals surface area contributed by atoms with Crippen LogP contribution in [0.3, 0.4) is 0 Å². The van der Waals surface area contributed by atoms with Crippen LogP contribution in [-0.4, -0.2) is 26.4 Å². The summed E-state index contributed by atoms with van der Waals surface area (Å²) in [4.78, 5) is 0. The minimum Gasteiger partial charge on any atom is -0.493 e. The molecule has 0 spiro atoms. The number of hydrogen-bond acceptors (Lipinski definition) is 4. The Kier molecular flexibility index (Phi) is 2.67. The van der Waals surface area contributed by atoms with Gasteiger partial charge in [-0.25, -0.2) is 0 Å². The van der Waals surface area contributed by atoms with E-state index in [1.165, 1.54) is 33.5 Å². The normalized spacial score (nSPS) is 12.9. The van der Waals surface area contributed by atoms with Crippen molar-refractivity contribution < 1.29 is 22.1 Å². The lowest BCUT2D eigenvalue weighted by Gasteiger charge is -2.13. The molecule has 0 heterocycles. The quantitative estimate of drug-likeness (QED) is 0.793. The molecule has 14 heavy (non-hydrogen) atoms. The van der Waals surface area contributed by atoms with Crippen molar-refractivity contribution >= 4 is 0 Å². The van der Waals surface area contributed by atoms with Gasteiger partial charge < -0.3 is 19.3 Å². The van der Waals surface area contributed by atoms with Gasteiger partial charge in [-0.15, -0.1) is 0 Å². The van der Waals surface area contributed by atoms with E-state index in [0.29, 0.717) is 17.2 Å². The van der Waals surface area contributed by atoms with E-state index in [1.54, 1.807) is 0 Å². The van der Waals surface area contributed by atoms with Gasteiger partial charge in [0.25, 0.3) is 0 Å². The van der Waals surface area contributed by atoms with Crippen LogP contribution < -0.4 is 14.2 Å². The average Bonchev–Trinajstić information content (AvgIpc) is 2.25. The van der Waals surface area contributed by atoms with Gasteiger partial charge in [0.05, 0.1) is 30.6 Å². The zero-order chi connectivity index (χ0) is 12.3. The lowest BCUT2D eigenvalue weighted by molar-refractivity contribution is 0.277. The van der Waals surface area contributed by atoms with Crippen LogP contribution in [0.25, 0.3) is 0 Å². The standard InChI is InChI=1S/C10H14O4/c1-12-8-4-7(6-11)5-9(13-2)10(8)14-3/h4-5,11H,6H2,1-3H3/i6D2. The molecule has 1 rings (SSSR count). The van der Waals surface area contributed by atoms with Crippen molar-refractivity contribution in [3.8, 4) is 17.2 Å². The predicted molar refractivity (Wildman–Crippen MR) is 52.0 cm³/mol. The van der Waals surface area contributed by atoms with Crippen LogP contribution in [0.15, 0.2) is 12.1 Å². The van der Waals surface area contributed by atoms with Crippen LogP contribution >= 0.6 is 0 Å². The Morgan fingerprint density at radius 1 is 1.14 bits per heavy atom. The molecule has 78 valence electrons. The summed E-state index contributed by atoms with van der Waals surface area (Å²) in [6.07, 6.45) is 0. The maximum Gasteiger partial charge on any atom is 0.203 e. The highest BCUT2D eigenvalue weighted by Gasteiger charge is 2.12. The molecule has 0 fully saturated rings. The van der Waals surface area contributed by atoms with Gasteiger partial charge in [0.1, 0.15) is 0 Å². The third kappa shape index (κ3) is 1.90. The van der Waals surface area contributed by atoms with Gasteiger partial charge in [0, 0.05) is 0 Å². The fourth-order valence-electron chi connectivity index (χ4n) is 1.15. The number of hydrogen-bond donors (Lipinski definition) is 1. The van der Waals surface area contributed by atoms with Gasteiger partial charge >= 0.3 is 0 Å². The van der Waals surface area contributed by atoms with E-state index in [1.807, 2.05) is 0 Å². The Morgan fingerprint density at radius 3 is 1.93 bits per heavy atom. The summed E-state index contributed by atoms with van der Waals surface area (Å²) in [5.41, 5.74) is 0.0435. The minimum absolute atomic E-state index is 0.0435. The maximum atomic E-state index is 9.27. The van der Waals surface area contributed by atoms with E-state index >= 15 is 0 Å². The molecular weight excluding hydrogens is 184 g/mol. The first kappa shape index (κ1) is 7.94. The SMILES string of the molecule is [2H]C([2H])(O)c1cc(OC)c(OC)c(OC)c1. The molecule has 0 radical (unpaired) electrons. The van der Waals surface area contributed by atoms with Gasteiger partial charge in [-0.05, 0) is 17.7 Å². The van der Waals surface area contributed by atoms with Crippen molar-refractivity contribution in [3.63, 3.8) is 0 Å². The Hall–Kier alpha value is -1.42. The second-order valence-corrected chi connectivity index (χ2v) is 2.53. The van der Waals surface area contributed by atoms with Gasteiger partial charge in [-0.1, -0.05) is 0 Å². The molecule has 1 N–H and O–H groups in total. The van der Waals surface area contributed by atoms with E-state index in [9.17, 15) is 5.11 Å². The number of ether oxygens (including phenoxy) is 3. The molecule has 1 aromatic carbocycles. The Labute approximate surface area is 85.8 Å². The molecule has 4 heteroatoms. The first-order valence-corrected chi connectivity index (χ1v) is 3.97. The summed E-state index contributed by atoms with van der Waals surface area (Å²) in [6, 6.07) is 2.72. The van der Waals surface area contributed by atoms with Crippen LogP contribution in [0, 0.1) is 0 Å². The molecule has 0 amide bonds. The van der Waals surface area contributed by atoms with E-state index in [0.717, 1.165) is 0 Å². The first-order chi connectivity index (χ1) is 7.43. The summed E-state index contributed by atoms with van der Waals surface area (Å²) in [5, 5.41) is 9.27. The Morgan fingerprint density at radius 2 is 1.64 bits per heavy atom. The van der Waals surface area contributed by atoms with Crippen molar-refractivity contribution in [1.82, 2.24) is 0 Å². The lowest BCUT2D eigenvalue weighted by Crippen LogP contribution is -1.96. The molecule has 1 aromatic rings. The largest absolute Gasteiger partial charge is 0.493 e. The smallest absolute Gasteiger partial charge is 0.203 e. The molecular formula is C10H14O4. The molecule has 0 saturated heterocycles. The van der Waals surface area contributed by atoms with E-state index < -0.39 is 6.56 Å². The minimum atomic E-state index is -2.45. The van der Waals surface area contributed by atoms with Crippen molar-refractivity contribution in [3.05, 3.63) is 17.7 Å². The Balaban J connectivity index is 3.37. The highest BCUT2D eigenvalue weighted by Crippen LogP contribution is 2.38.